The summed E-state index contributed by atoms with van der Waals surface area (Å²) in [7, 11) is 0. The molecule has 0 spiro atoms. The van der Waals surface area contributed by atoms with Crippen molar-refractivity contribution in [2.75, 3.05) is 32.8 Å². The third kappa shape index (κ3) is 4.93. The maximum Gasteiger partial charge on any atom is 0.409 e. The van der Waals surface area contributed by atoms with Crippen LogP contribution >= 0.6 is 15.9 Å². The van der Waals surface area contributed by atoms with Gasteiger partial charge >= 0.3 is 6.09 Å². The first-order valence-electron chi connectivity index (χ1n) is 8.04. The van der Waals surface area contributed by atoms with Crippen molar-refractivity contribution in [2.24, 2.45) is 5.92 Å². The minimum absolute atomic E-state index is 0.223. The van der Waals surface area contributed by atoms with Crippen LogP contribution in [0.1, 0.15) is 30.6 Å². The van der Waals surface area contributed by atoms with Crippen molar-refractivity contribution in [1.82, 2.24) is 9.80 Å². The third-order valence-corrected chi connectivity index (χ3v) is 4.39. The Balaban J connectivity index is 1.95. The van der Waals surface area contributed by atoms with Crippen molar-refractivity contribution in [3.05, 3.63) is 34.1 Å². The van der Waals surface area contributed by atoms with Crippen LogP contribution in [0.3, 0.4) is 0 Å². The fourth-order valence-electron chi connectivity index (χ4n) is 2.44. The number of ether oxygens (including phenoxy) is 1. The molecule has 1 heterocycles. The molecule has 0 bridgehead atoms. The predicted molar refractivity (Wildman–Crippen MR) is 92.4 cm³/mol. The molecule has 1 aromatic rings. The first-order chi connectivity index (χ1) is 11.4. The second-order valence-corrected chi connectivity index (χ2v) is 7.09. The molecule has 1 aliphatic heterocycles. The van der Waals surface area contributed by atoms with Crippen molar-refractivity contribution in [3.63, 3.8) is 0 Å². The van der Waals surface area contributed by atoms with E-state index in [4.69, 9.17) is 4.74 Å². The quantitative estimate of drug-likeness (QED) is 0.779. The molecule has 0 radical (unpaired) electrons. The van der Waals surface area contributed by atoms with Gasteiger partial charge in [0, 0.05) is 31.7 Å². The van der Waals surface area contributed by atoms with Crippen LogP contribution in [0, 0.1) is 11.7 Å². The Bertz CT molecular complexity index is 609. The lowest BCUT2D eigenvalue weighted by molar-refractivity contribution is 0.0746. The van der Waals surface area contributed by atoms with Crippen molar-refractivity contribution < 1.29 is 18.7 Å². The molecule has 1 aliphatic rings. The van der Waals surface area contributed by atoms with Crippen LogP contribution in [0.15, 0.2) is 22.7 Å². The molecule has 0 atom stereocenters. The van der Waals surface area contributed by atoms with Crippen molar-refractivity contribution >= 4 is 27.9 Å². The zero-order valence-electron chi connectivity index (χ0n) is 13.9. The van der Waals surface area contributed by atoms with Crippen molar-refractivity contribution in [2.45, 2.75) is 20.3 Å². The summed E-state index contributed by atoms with van der Waals surface area (Å²) in [6.45, 7) is 6.26. The molecule has 0 N–H and O–H groups in total. The molecule has 132 valence electrons. The molecule has 24 heavy (non-hydrogen) atoms. The fourth-order valence-corrected chi connectivity index (χ4v) is 2.69. The highest BCUT2D eigenvalue weighted by Crippen LogP contribution is 2.18. The van der Waals surface area contributed by atoms with Gasteiger partial charge in [0.1, 0.15) is 5.82 Å². The lowest BCUT2D eigenvalue weighted by Gasteiger charge is -2.22. The average molecular weight is 401 g/mol. The van der Waals surface area contributed by atoms with Gasteiger partial charge in [-0.15, -0.1) is 0 Å². The van der Waals surface area contributed by atoms with E-state index in [0.717, 1.165) is 0 Å². The maximum absolute atomic E-state index is 13.6. The van der Waals surface area contributed by atoms with Gasteiger partial charge in [-0.25, -0.2) is 9.18 Å². The normalized spacial score (nSPS) is 15.4. The summed E-state index contributed by atoms with van der Waals surface area (Å²) in [5, 5.41) is 0. The van der Waals surface area contributed by atoms with Crippen LogP contribution in [0.5, 0.6) is 0 Å². The Morgan fingerprint density at radius 3 is 2.54 bits per heavy atom. The molecular weight excluding hydrogens is 379 g/mol. The van der Waals surface area contributed by atoms with Gasteiger partial charge in [0.2, 0.25) is 0 Å². The largest absolute Gasteiger partial charge is 0.449 e. The number of benzene rings is 1. The SMILES string of the molecule is CC(C)COC(=O)N1CCCN(C(=O)c2ccc(Br)c(F)c2)CC1. The molecule has 1 aromatic carbocycles. The van der Waals surface area contributed by atoms with Crippen LogP contribution in [0.2, 0.25) is 0 Å². The van der Waals surface area contributed by atoms with Gasteiger partial charge in [0.05, 0.1) is 11.1 Å². The standard InChI is InChI=1S/C17H22BrFN2O3/c1-12(2)11-24-17(23)21-7-3-6-20(8-9-21)16(22)13-4-5-14(18)15(19)10-13/h4-5,10,12H,3,6-9,11H2,1-2H3. The Labute approximate surface area is 149 Å². The van der Waals surface area contributed by atoms with Crippen LogP contribution < -0.4 is 0 Å². The molecule has 1 fully saturated rings. The van der Waals surface area contributed by atoms with E-state index in [2.05, 4.69) is 15.9 Å². The fraction of sp³-hybridized carbons (Fsp3) is 0.529. The second-order valence-electron chi connectivity index (χ2n) is 6.23. The minimum atomic E-state index is -0.463. The van der Waals surface area contributed by atoms with E-state index in [9.17, 15) is 14.0 Å². The van der Waals surface area contributed by atoms with Crippen molar-refractivity contribution in [3.8, 4) is 0 Å². The number of rotatable bonds is 3. The Morgan fingerprint density at radius 2 is 1.88 bits per heavy atom. The summed E-state index contributed by atoms with van der Waals surface area (Å²) in [6, 6.07) is 4.34. The third-order valence-electron chi connectivity index (χ3n) is 3.75. The number of nitrogens with zero attached hydrogens (tertiary/aromatic N) is 2. The smallest absolute Gasteiger partial charge is 0.409 e. The molecule has 5 nitrogen and oxygen atoms in total. The summed E-state index contributed by atoms with van der Waals surface area (Å²) in [4.78, 5) is 27.8. The Kier molecular flexibility index (Phi) is 6.60. The summed E-state index contributed by atoms with van der Waals surface area (Å²) in [6.07, 6.45) is 0.328. The monoisotopic (exact) mass is 400 g/mol. The van der Waals surface area contributed by atoms with Crippen LogP contribution in [-0.2, 0) is 4.74 Å². The van der Waals surface area contributed by atoms with Gasteiger partial charge in [-0.3, -0.25) is 4.79 Å². The molecular formula is C17H22BrFN2O3. The second kappa shape index (κ2) is 8.46. The summed E-state index contributed by atoms with van der Waals surface area (Å²) in [5.41, 5.74) is 0.312. The van der Waals surface area contributed by atoms with E-state index in [1.807, 2.05) is 13.8 Å². The molecule has 2 rings (SSSR count). The van der Waals surface area contributed by atoms with E-state index >= 15 is 0 Å². The maximum atomic E-state index is 13.6. The summed E-state index contributed by atoms with van der Waals surface area (Å²) in [5.74, 6) is -0.403. The summed E-state index contributed by atoms with van der Waals surface area (Å²) >= 11 is 3.08. The highest BCUT2D eigenvalue weighted by Gasteiger charge is 2.24. The number of hydrogen-bond acceptors (Lipinski definition) is 3. The average Bonchev–Trinajstić information content (AvgIpc) is 2.80. The van der Waals surface area contributed by atoms with E-state index in [1.165, 1.54) is 12.1 Å². The van der Waals surface area contributed by atoms with E-state index in [-0.39, 0.29) is 17.9 Å². The highest BCUT2D eigenvalue weighted by molar-refractivity contribution is 9.10. The molecule has 2 amide bonds. The lowest BCUT2D eigenvalue weighted by atomic mass is 10.2. The van der Waals surface area contributed by atoms with E-state index < -0.39 is 5.82 Å². The van der Waals surface area contributed by atoms with E-state index in [0.29, 0.717) is 49.2 Å². The Hall–Kier alpha value is -1.63. The first kappa shape index (κ1) is 18.7. The van der Waals surface area contributed by atoms with E-state index in [1.54, 1.807) is 15.9 Å². The number of amides is 2. The molecule has 0 saturated carbocycles. The zero-order chi connectivity index (χ0) is 17.7. The van der Waals surface area contributed by atoms with Crippen molar-refractivity contribution in [1.29, 1.82) is 0 Å². The van der Waals surface area contributed by atoms with Gasteiger partial charge in [-0.2, -0.15) is 0 Å². The lowest BCUT2D eigenvalue weighted by Crippen LogP contribution is -2.38. The number of halogens is 2. The number of carbonyl (C=O) groups is 2. The molecule has 0 aromatic heterocycles. The van der Waals surface area contributed by atoms with Gasteiger partial charge in [-0.05, 0) is 46.5 Å². The first-order valence-corrected chi connectivity index (χ1v) is 8.84. The molecule has 0 unspecified atom stereocenters. The van der Waals surface area contributed by atoms with Gasteiger partial charge < -0.3 is 14.5 Å². The number of carbonyl (C=O) groups excluding carboxylic acids is 2. The van der Waals surface area contributed by atoms with Crippen LogP contribution in [0.4, 0.5) is 9.18 Å². The minimum Gasteiger partial charge on any atom is -0.449 e. The Morgan fingerprint density at radius 1 is 1.21 bits per heavy atom. The van der Waals surface area contributed by atoms with Gasteiger partial charge in [0.25, 0.3) is 5.91 Å². The van der Waals surface area contributed by atoms with Gasteiger partial charge in [-0.1, -0.05) is 13.8 Å². The van der Waals surface area contributed by atoms with Crippen LogP contribution in [0.25, 0.3) is 0 Å². The summed E-state index contributed by atoms with van der Waals surface area (Å²) < 4.78 is 19.2. The number of hydrogen-bond donors (Lipinski definition) is 0. The zero-order valence-corrected chi connectivity index (χ0v) is 15.5. The molecule has 7 heteroatoms. The topological polar surface area (TPSA) is 49.9 Å². The molecule has 1 saturated heterocycles. The predicted octanol–water partition coefficient (Wildman–Crippen LogP) is 3.53. The highest BCUT2D eigenvalue weighted by atomic mass is 79.9. The van der Waals surface area contributed by atoms with Crippen LogP contribution in [-0.4, -0.2) is 54.6 Å². The van der Waals surface area contributed by atoms with Gasteiger partial charge in [0.15, 0.2) is 0 Å². The molecule has 0 aliphatic carbocycles.